The van der Waals surface area contributed by atoms with E-state index in [2.05, 4.69) is 5.32 Å². The lowest BCUT2D eigenvalue weighted by molar-refractivity contribution is 0.0748. The first-order valence-electron chi connectivity index (χ1n) is 4.67. The molecule has 2 N–H and O–H groups in total. The SMILES string of the molecule is Oc1cc(F)cc(F)c1C1COCCN1. The molecule has 5 heteroatoms. The highest BCUT2D eigenvalue weighted by Crippen LogP contribution is 2.29. The van der Waals surface area contributed by atoms with E-state index in [1.807, 2.05) is 0 Å². The van der Waals surface area contributed by atoms with Crippen LogP contribution in [0.2, 0.25) is 0 Å². The molecule has 0 aromatic heterocycles. The van der Waals surface area contributed by atoms with Gasteiger partial charge in [-0.05, 0) is 0 Å². The summed E-state index contributed by atoms with van der Waals surface area (Å²) in [7, 11) is 0. The molecule has 2 rings (SSSR count). The Balaban J connectivity index is 2.33. The predicted octanol–water partition coefficient (Wildman–Crippen LogP) is 1.33. The summed E-state index contributed by atoms with van der Waals surface area (Å²) < 4.78 is 31.3. The van der Waals surface area contributed by atoms with Gasteiger partial charge in [-0.3, -0.25) is 0 Å². The van der Waals surface area contributed by atoms with Gasteiger partial charge in [0, 0.05) is 24.2 Å². The van der Waals surface area contributed by atoms with Gasteiger partial charge >= 0.3 is 0 Å². The number of hydrogen-bond donors (Lipinski definition) is 2. The predicted molar refractivity (Wildman–Crippen MR) is 49.6 cm³/mol. The van der Waals surface area contributed by atoms with Gasteiger partial charge in [0.1, 0.15) is 17.4 Å². The zero-order valence-electron chi connectivity index (χ0n) is 7.96. The van der Waals surface area contributed by atoms with Crippen LogP contribution >= 0.6 is 0 Å². The molecule has 1 fully saturated rings. The lowest BCUT2D eigenvalue weighted by atomic mass is 10.0. The Morgan fingerprint density at radius 2 is 2.20 bits per heavy atom. The number of hydrogen-bond acceptors (Lipinski definition) is 3. The van der Waals surface area contributed by atoms with Crippen molar-refractivity contribution in [2.24, 2.45) is 0 Å². The fourth-order valence-electron chi connectivity index (χ4n) is 1.67. The standard InChI is InChI=1S/C10H11F2NO2/c11-6-3-7(12)10(9(14)4-6)8-5-15-2-1-13-8/h3-4,8,13-14H,1-2,5H2. The smallest absolute Gasteiger partial charge is 0.134 e. The number of aromatic hydroxyl groups is 1. The number of morpholine rings is 1. The number of halogens is 2. The van der Waals surface area contributed by atoms with Gasteiger partial charge in [0.05, 0.1) is 19.3 Å². The molecule has 1 saturated heterocycles. The molecule has 3 nitrogen and oxygen atoms in total. The summed E-state index contributed by atoms with van der Waals surface area (Å²) in [5.74, 6) is -1.92. The van der Waals surface area contributed by atoms with Crippen LogP contribution in [0.25, 0.3) is 0 Å². The number of phenols is 1. The molecule has 0 bridgehead atoms. The summed E-state index contributed by atoms with van der Waals surface area (Å²) in [5.41, 5.74) is 0.0658. The van der Waals surface area contributed by atoms with Crippen molar-refractivity contribution in [1.82, 2.24) is 5.32 Å². The molecule has 1 atom stereocenters. The molecule has 1 unspecified atom stereocenters. The Bertz CT molecular complexity index is 341. The van der Waals surface area contributed by atoms with E-state index in [0.717, 1.165) is 12.1 Å². The zero-order valence-corrected chi connectivity index (χ0v) is 7.96. The minimum absolute atomic E-state index is 0.0658. The van der Waals surface area contributed by atoms with E-state index in [1.165, 1.54) is 0 Å². The first kappa shape index (κ1) is 10.3. The summed E-state index contributed by atoms with van der Waals surface area (Å²) in [6.07, 6.45) is 0. The van der Waals surface area contributed by atoms with Gasteiger partial charge in [-0.15, -0.1) is 0 Å². The van der Waals surface area contributed by atoms with Crippen LogP contribution < -0.4 is 5.32 Å². The van der Waals surface area contributed by atoms with Crippen LogP contribution in [0, 0.1) is 11.6 Å². The van der Waals surface area contributed by atoms with Crippen LogP contribution in [0.3, 0.4) is 0 Å². The Morgan fingerprint density at radius 3 is 2.80 bits per heavy atom. The van der Waals surface area contributed by atoms with Gasteiger partial charge in [-0.25, -0.2) is 8.78 Å². The lowest BCUT2D eigenvalue weighted by Gasteiger charge is -2.25. The summed E-state index contributed by atoms with van der Waals surface area (Å²) in [4.78, 5) is 0. The second-order valence-corrected chi connectivity index (χ2v) is 3.40. The molecule has 1 aromatic rings. The summed E-state index contributed by atoms with van der Waals surface area (Å²) in [6.45, 7) is 1.41. The first-order valence-corrected chi connectivity index (χ1v) is 4.67. The number of ether oxygens (including phenoxy) is 1. The van der Waals surface area contributed by atoms with E-state index >= 15 is 0 Å². The molecule has 1 aliphatic heterocycles. The molecule has 0 aliphatic carbocycles. The minimum atomic E-state index is -0.787. The van der Waals surface area contributed by atoms with E-state index in [0.29, 0.717) is 13.2 Å². The van der Waals surface area contributed by atoms with Crippen LogP contribution in [0.4, 0.5) is 8.78 Å². The van der Waals surface area contributed by atoms with Crippen molar-refractivity contribution in [1.29, 1.82) is 0 Å². The molecule has 0 spiro atoms. The van der Waals surface area contributed by atoms with Crippen molar-refractivity contribution >= 4 is 0 Å². The van der Waals surface area contributed by atoms with Crippen molar-refractivity contribution < 1.29 is 18.6 Å². The normalized spacial score (nSPS) is 21.6. The van der Waals surface area contributed by atoms with E-state index in [1.54, 1.807) is 0 Å². The third kappa shape index (κ3) is 2.08. The van der Waals surface area contributed by atoms with Crippen LogP contribution in [0.1, 0.15) is 11.6 Å². The van der Waals surface area contributed by atoms with Gasteiger partial charge < -0.3 is 15.2 Å². The maximum atomic E-state index is 13.4. The van der Waals surface area contributed by atoms with Gasteiger partial charge in [0.2, 0.25) is 0 Å². The van der Waals surface area contributed by atoms with E-state index in [-0.39, 0.29) is 17.9 Å². The van der Waals surface area contributed by atoms with Gasteiger partial charge in [-0.2, -0.15) is 0 Å². The average molecular weight is 215 g/mol. The van der Waals surface area contributed by atoms with Crippen molar-refractivity contribution in [2.45, 2.75) is 6.04 Å². The number of phenolic OH excluding ortho intramolecular Hbond substituents is 1. The second kappa shape index (κ2) is 4.12. The number of nitrogens with one attached hydrogen (secondary N) is 1. The Morgan fingerprint density at radius 1 is 1.40 bits per heavy atom. The quantitative estimate of drug-likeness (QED) is 0.742. The Kier molecular flexibility index (Phi) is 2.83. The van der Waals surface area contributed by atoms with Gasteiger partial charge in [0.15, 0.2) is 0 Å². The fourth-order valence-corrected chi connectivity index (χ4v) is 1.67. The molecular weight excluding hydrogens is 204 g/mol. The van der Waals surface area contributed by atoms with Crippen molar-refractivity contribution in [3.8, 4) is 5.75 Å². The Hall–Kier alpha value is -1.20. The van der Waals surface area contributed by atoms with Crippen LogP contribution in [-0.4, -0.2) is 24.9 Å². The van der Waals surface area contributed by atoms with Crippen molar-refractivity contribution in [3.63, 3.8) is 0 Å². The highest BCUT2D eigenvalue weighted by atomic mass is 19.1. The summed E-state index contributed by atoms with van der Waals surface area (Å²) in [5, 5.41) is 12.4. The monoisotopic (exact) mass is 215 g/mol. The molecule has 15 heavy (non-hydrogen) atoms. The first-order chi connectivity index (χ1) is 7.18. The van der Waals surface area contributed by atoms with Crippen LogP contribution in [-0.2, 0) is 4.74 Å². The van der Waals surface area contributed by atoms with Crippen LogP contribution in [0.15, 0.2) is 12.1 Å². The summed E-state index contributed by atoms with van der Waals surface area (Å²) in [6, 6.07) is 1.24. The van der Waals surface area contributed by atoms with Crippen molar-refractivity contribution in [3.05, 3.63) is 29.3 Å². The molecule has 1 aliphatic rings. The lowest BCUT2D eigenvalue weighted by Crippen LogP contribution is -2.35. The highest BCUT2D eigenvalue weighted by Gasteiger charge is 2.22. The largest absolute Gasteiger partial charge is 0.507 e. The topological polar surface area (TPSA) is 41.5 Å². The molecule has 82 valence electrons. The molecule has 1 heterocycles. The van der Waals surface area contributed by atoms with E-state index in [4.69, 9.17) is 4.74 Å². The molecule has 0 radical (unpaired) electrons. The fraction of sp³-hybridized carbons (Fsp3) is 0.400. The third-order valence-electron chi connectivity index (χ3n) is 2.34. The molecular formula is C10H11F2NO2. The third-order valence-corrected chi connectivity index (χ3v) is 2.34. The van der Waals surface area contributed by atoms with Gasteiger partial charge in [-0.1, -0.05) is 0 Å². The second-order valence-electron chi connectivity index (χ2n) is 3.40. The highest BCUT2D eigenvalue weighted by molar-refractivity contribution is 5.36. The molecule has 0 saturated carbocycles. The maximum Gasteiger partial charge on any atom is 0.134 e. The molecule has 0 amide bonds. The van der Waals surface area contributed by atoms with Crippen molar-refractivity contribution in [2.75, 3.05) is 19.8 Å². The zero-order chi connectivity index (χ0) is 10.8. The number of benzene rings is 1. The number of rotatable bonds is 1. The summed E-state index contributed by atoms with van der Waals surface area (Å²) >= 11 is 0. The van der Waals surface area contributed by atoms with E-state index < -0.39 is 17.7 Å². The maximum absolute atomic E-state index is 13.4. The molecule has 1 aromatic carbocycles. The average Bonchev–Trinajstić information content (AvgIpc) is 2.17. The minimum Gasteiger partial charge on any atom is -0.507 e. The van der Waals surface area contributed by atoms with Gasteiger partial charge in [0.25, 0.3) is 0 Å². The van der Waals surface area contributed by atoms with E-state index in [9.17, 15) is 13.9 Å². The van der Waals surface area contributed by atoms with Crippen LogP contribution in [0.5, 0.6) is 5.75 Å². The Labute approximate surface area is 85.7 Å².